The molecule has 1 aliphatic rings. The SMILES string of the molecule is COc1cccc(N2CCN(CC(C)O)CC2)c1. The molecule has 0 aromatic heterocycles. The van der Waals surface area contributed by atoms with E-state index in [1.165, 1.54) is 5.69 Å². The molecule has 0 amide bonds. The van der Waals surface area contributed by atoms with E-state index in [-0.39, 0.29) is 6.10 Å². The standard InChI is InChI=1S/C14H22N2O2/c1-12(17)11-15-6-8-16(9-7-15)13-4-3-5-14(10-13)18-2/h3-5,10,12,17H,6-9,11H2,1-2H3. The summed E-state index contributed by atoms with van der Waals surface area (Å²) in [6.45, 7) is 6.62. The molecular weight excluding hydrogens is 228 g/mol. The molecule has 1 unspecified atom stereocenters. The highest BCUT2D eigenvalue weighted by molar-refractivity contribution is 5.51. The van der Waals surface area contributed by atoms with Crippen LogP contribution >= 0.6 is 0 Å². The van der Waals surface area contributed by atoms with Gasteiger partial charge < -0.3 is 14.7 Å². The lowest BCUT2D eigenvalue weighted by Gasteiger charge is -2.36. The van der Waals surface area contributed by atoms with Crippen LogP contribution in [-0.2, 0) is 0 Å². The average molecular weight is 250 g/mol. The molecule has 18 heavy (non-hydrogen) atoms. The fourth-order valence-corrected chi connectivity index (χ4v) is 2.37. The minimum absolute atomic E-state index is 0.242. The zero-order chi connectivity index (χ0) is 13.0. The van der Waals surface area contributed by atoms with Crippen molar-refractivity contribution in [1.29, 1.82) is 0 Å². The Morgan fingerprint density at radius 2 is 2.00 bits per heavy atom. The first-order valence-corrected chi connectivity index (χ1v) is 6.48. The van der Waals surface area contributed by atoms with E-state index in [0.717, 1.165) is 38.5 Å². The van der Waals surface area contributed by atoms with Gasteiger partial charge in [-0.2, -0.15) is 0 Å². The number of rotatable bonds is 4. The van der Waals surface area contributed by atoms with Crippen LogP contribution < -0.4 is 9.64 Å². The molecule has 0 radical (unpaired) electrons. The molecule has 0 aliphatic carbocycles. The van der Waals surface area contributed by atoms with Gasteiger partial charge in [-0.3, -0.25) is 4.90 Å². The Balaban J connectivity index is 1.92. The smallest absolute Gasteiger partial charge is 0.120 e. The number of ether oxygens (including phenoxy) is 1. The van der Waals surface area contributed by atoms with Crippen LogP contribution in [0, 0.1) is 0 Å². The Labute approximate surface area is 109 Å². The fraction of sp³-hybridized carbons (Fsp3) is 0.571. The van der Waals surface area contributed by atoms with Crippen molar-refractivity contribution in [2.45, 2.75) is 13.0 Å². The molecule has 1 fully saturated rings. The van der Waals surface area contributed by atoms with Crippen molar-refractivity contribution in [1.82, 2.24) is 4.90 Å². The number of β-amino-alcohol motifs (C(OH)–C–C–N with tert-alkyl or cyclic N) is 1. The lowest BCUT2D eigenvalue weighted by atomic mass is 10.2. The number of piperazine rings is 1. The van der Waals surface area contributed by atoms with Gasteiger partial charge in [0.25, 0.3) is 0 Å². The molecule has 0 bridgehead atoms. The van der Waals surface area contributed by atoms with Crippen LogP contribution in [0.3, 0.4) is 0 Å². The van der Waals surface area contributed by atoms with Gasteiger partial charge in [0.2, 0.25) is 0 Å². The van der Waals surface area contributed by atoms with Crippen molar-refractivity contribution < 1.29 is 9.84 Å². The third-order valence-corrected chi connectivity index (χ3v) is 3.31. The highest BCUT2D eigenvalue weighted by Crippen LogP contribution is 2.22. The molecule has 2 rings (SSSR count). The number of hydrogen-bond donors (Lipinski definition) is 1. The molecule has 1 atom stereocenters. The Morgan fingerprint density at radius 3 is 2.61 bits per heavy atom. The zero-order valence-electron chi connectivity index (χ0n) is 11.2. The molecule has 1 heterocycles. The second-order valence-corrected chi connectivity index (χ2v) is 4.84. The predicted octanol–water partition coefficient (Wildman–Crippen LogP) is 1.20. The second kappa shape index (κ2) is 6.07. The van der Waals surface area contributed by atoms with Gasteiger partial charge >= 0.3 is 0 Å². The summed E-state index contributed by atoms with van der Waals surface area (Å²) in [5, 5.41) is 9.38. The van der Waals surface area contributed by atoms with Gasteiger partial charge in [0, 0.05) is 44.5 Å². The second-order valence-electron chi connectivity index (χ2n) is 4.84. The number of hydrogen-bond acceptors (Lipinski definition) is 4. The molecule has 1 saturated heterocycles. The van der Waals surface area contributed by atoms with Gasteiger partial charge in [-0.25, -0.2) is 0 Å². The van der Waals surface area contributed by atoms with Crippen LogP contribution in [-0.4, -0.2) is 55.9 Å². The lowest BCUT2D eigenvalue weighted by Crippen LogP contribution is -2.48. The van der Waals surface area contributed by atoms with Crippen molar-refractivity contribution in [2.75, 3.05) is 44.7 Å². The molecular formula is C14H22N2O2. The molecule has 4 heteroatoms. The van der Waals surface area contributed by atoms with Crippen molar-refractivity contribution >= 4 is 5.69 Å². The molecule has 1 aromatic carbocycles. The first-order valence-electron chi connectivity index (χ1n) is 6.48. The quantitative estimate of drug-likeness (QED) is 0.871. The van der Waals surface area contributed by atoms with Crippen LogP contribution in [0.1, 0.15) is 6.92 Å². The summed E-state index contributed by atoms with van der Waals surface area (Å²) in [4.78, 5) is 4.67. The van der Waals surface area contributed by atoms with Crippen LogP contribution in [0.4, 0.5) is 5.69 Å². The first kappa shape index (κ1) is 13.2. The summed E-state index contributed by atoms with van der Waals surface area (Å²) in [6.07, 6.45) is -0.242. The summed E-state index contributed by atoms with van der Waals surface area (Å²) in [6, 6.07) is 8.18. The summed E-state index contributed by atoms with van der Waals surface area (Å²) in [7, 11) is 1.69. The van der Waals surface area contributed by atoms with Gasteiger partial charge in [0.15, 0.2) is 0 Å². The van der Waals surface area contributed by atoms with E-state index in [1.54, 1.807) is 7.11 Å². The van der Waals surface area contributed by atoms with E-state index in [0.29, 0.717) is 0 Å². The lowest BCUT2D eigenvalue weighted by molar-refractivity contribution is 0.122. The monoisotopic (exact) mass is 250 g/mol. The maximum absolute atomic E-state index is 9.38. The molecule has 0 spiro atoms. The van der Waals surface area contributed by atoms with E-state index in [9.17, 15) is 5.11 Å². The minimum atomic E-state index is -0.242. The molecule has 0 saturated carbocycles. The number of anilines is 1. The van der Waals surface area contributed by atoms with Crippen molar-refractivity contribution in [2.24, 2.45) is 0 Å². The highest BCUT2D eigenvalue weighted by atomic mass is 16.5. The number of benzene rings is 1. The van der Waals surface area contributed by atoms with E-state index in [4.69, 9.17) is 4.74 Å². The van der Waals surface area contributed by atoms with Crippen LogP contribution in [0.15, 0.2) is 24.3 Å². The third-order valence-electron chi connectivity index (χ3n) is 3.31. The number of methoxy groups -OCH3 is 1. The maximum Gasteiger partial charge on any atom is 0.120 e. The summed E-state index contributed by atoms with van der Waals surface area (Å²) in [5.74, 6) is 0.902. The van der Waals surface area contributed by atoms with Crippen molar-refractivity contribution in [3.8, 4) is 5.75 Å². The molecule has 100 valence electrons. The van der Waals surface area contributed by atoms with Gasteiger partial charge in [-0.1, -0.05) is 6.07 Å². The molecule has 1 aliphatic heterocycles. The van der Waals surface area contributed by atoms with Gasteiger partial charge in [-0.15, -0.1) is 0 Å². The molecule has 1 N–H and O–H groups in total. The number of nitrogens with zero attached hydrogens (tertiary/aromatic N) is 2. The zero-order valence-corrected chi connectivity index (χ0v) is 11.2. The van der Waals surface area contributed by atoms with Crippen LogP contribution in [0.25, 0.3) is 0 Å². The van der Waals surface area contributed by atoms with Crippen molar-refractivity contribution in [3.05, 3.63) is 24.3 Å². The topological polar surface area (TPSA) is 35.9 Å². The first-order chi connectivity index (χ1) is 8.69. The average Bonchev–Trinajstić information content (AvgIpc) is 2.39. The molecule has 1 aromatic rings. The largest absolute Gasteiger partial charge is 0.497 e. The van der Waals surface area contributed by atoms with Crippen molar-refractivity contribution in [3.63, 3.8) is 0 Å². The Hall–Kier alpha value is -1.26. The Bertz CT molecular complexity index is 374. The highest BCUT2D eigenvalue weighted by Gasteiger charge is 2.18. The minimum Gasteiger partial charge on any atom is -0.497 e. The summed E-state index contributed by atoms with van der Waals surface area (Å²) in [5.41, 5.74) is 1.21. The summed E-state index contributed by atoms with van der Waals surface area (Å²) >= 11 is 0. The maximum atomic E-state index is 9.38. The third kappa shape index (κ3) is 3.37. The van der Waals surface area contributed by atoms with Crippen LogP contribution in [0.2, 0.25) is 0 Å². The van der Waals surface area contributed by atoms with Gasteiger partial charge in [0.05, 0.1) is 13.2 Å². The van der Waals surface area contributed by atoms with E-state index >= 15 is 0 Å². The number of aliphatic hydroxyl groups excluding tert-OH is 1. The molecule has 4 nitrogen and oxygen atoms in total. The Kier molecular flexibility index (Phi) is 4.44. The van der Waals surface area contributed by atoms with E-state index in [2.05, 4.69) is 21.9 Å². The summed E-state index contributed by atoms with van der Waals surface area (Å²) < 4.78 is 5.25. The van der Waals surface area contributed by atoms with Crippen LogP contribution in [0.5, 0.6) is 5.75 Å². The van der Waals surface area contributed by atoms with E-state index < -0.39 is 0 Å². The van der Waals surface area contributed by atoms with E-state index in [1.807, 2.05) is 19.1 Å². The predicted molar refractivity (Wildman–Crippen MR) is 73.3 cm³/mol. The number of aliphatic hydroxyl groups is 1. The van der Waals surface area contributed by atoms with Gasteiger partial charge in [0.1, 0.15) is 5.75 Å². The normalized spacial score (nSPS) is 18.7. The fourth-order valence-electron chi connectivity index (χ4n) is 2.37. The van der Waals surface area contributed by atoms with Gasteiger partial charge in [-0.05, 0) is 19.1 Å². The Morgan fingerprint density at radius 1 is 1.28 bits per heavy atom.